The number of carbonyl (C=O) groups is 1. The normalized spacial score (nSPS) is 22.1. The maximum Gasteiger partial charge on any atom is 0.222 e. The van der Waals surface area contributed by atoms with Crippen molar-refractivity contribution >= 4 is 5.91 Å². The van der Waals surface area contributed by atoms with Gasteiger partial charge in [0.1, 0.15) is 0 Å². The number of amides is 1. The summed E-state index contributed by atoms with van der Waals surface area (Å²) in [5, 5.41) is 0. The van der Waals surface area contributed by atoms with E-state index < -0.39 is 0 Å². The molecule has 0 bridgehead atoms. The van der Waals surface area contributed by atoms with Crippen molar-refractivity contribution in [3.05, 3.63) is 0 Å². The van der Waals surface area contributed by atoms with E-state index in [1.54, 1.807) is 0 Å². The van der Waals surface area contributed by atoms with Gasteiger partial charge in [0.05, 0.1) is 0 Å². The molecule has 3 heteroatoms. The molecule has 1 aliphatic rings. The first-order chi connectivity index (χ1) is 9.43. The molecule has 20 heavy (non-hydrogen) atoms. The number of likely N-dealkylation sites (tertiary alicyclic amines) is 1. The number of nitrogens with two attached hydrogens (primary N) is 1. The number of hydrogen-bond donors (Lipinski definition) is 1. The highest BCUT2D eigenvalue weighted by molar-refractivity contribution is 5.76. The van der Waals surface area contributed by atoms with E-state index in [2.05, 4.69) is 32.6 Å². The summed E-state index contributed by atoms with van der Waals surface area (Å²) in [6.07, 6.45) is 5.30. The van der Waals surface area contributed by atoms with E-state index in [4.69, 9.17) is 5.73 Å². The van der Waals surface area contributed by atoms with E-state index in [-0.39, 0.29) is 0 Å². The Morgan fingerprint density at radius 2 is 1.90 bits per heavy atom. The smallest absolute Gasteiger partial charge is 0.222 e. The van der Waals surface area contributed by atoms with E-state index in [1.165, 1.54) is 12.8 Å². The summed E-state index contributed by atoms with van der Waals surface area (Å²) < 4.78 is 0. The van der Waals surface area contributed by atoms with E-state index in [9.17, 15) is 4.79 Å². The van der Waals surface area contributed by atoms with Crippen molar-refractivity contribution in [2.24, 2.45) is 29.4 Å². The number of rotatable bonds is 6. The Kier molecular flexibility index (Phi) is 7.57. The van der Waals surface area contributed by atoms with Crippen LogP contribution in [0.4, 0.5) is 0 Å². The minimum absolute atomic E-state index is 0.325. The van der Waals surface area contributed by atoms with Crippen LogP contribution in [0.3, 0.4) is 0 Å². The maximum atomic E-state index is 12.4. The van der Waals surface area contributed by atoms with Crippen molar-refractivity contribution in [2.75, 3.05) is 19.6 Å². The molecule has 0 aromatic carbocycles. The van der Waals surface area contributed by atoms with E-state index in [0.29, 0.717) is 30.7 Å². The second kappa shape index (κ2) is 8.66. The van der Waals surface area contributed by atoms with Crippen molar-refractivity contribution in [1.29, 1.82) is 0 Å². The fourth-order valence-electron chi connectivity index (χ4n) is 3.34. The second-order valence-electron chi connectivity index (χ2n) is 7.25. The van der Waals surface area contributed by atoms with Gasteiger partial charge in [-0.05, 0) is 55.9 Å². The molecule has 0 radical (unpaired) electrons. The Balaban J connectivity index is 2.46. The molecule has 118 valence electrons. The van der Waals surface area contributed by atoms with Gasteiger partial charge in [0.2, 0.25) is 5.91 Å². The summed E-state index contributed by atoms with van der Waals surface area (Å²) in [5.74, 6) is 2.82. The van der Waals surface area contributed by atoms with Crippen molar-refractivity contribution in [3.8, 4) is 0 Å². The molecule has 2 atom stereocenters. The third kappa shape index (κ3) is 5.82. The van der Waals surface area contributed by atoms with Crippen LogP contribution in [0.2, 0.25) is 0 Å². The van der Waals surface area contributed by atoms with Crippen LogP contribution >= 0.6 is 0 Å². The Morgan fingerprint density at radius 1 is 1.20 bits per heavy atom. The van der Waals surface area contributed by atoms with Crippen LogP contribution in [-0.4, -0.2) is 30.4 Å². The van der Waals surface area contributed by atoms with Gasteiger partial charge in [-0.3, -0.25) is 4.79 Å². The Bertz CT molecular complexity index is 289. The average Bonchev–Trinajstić information content (AvgIpc) is 2.62. The Labute approximate surface area is 125 Å². The van der Waals surface area contributed by atoms with Crippen LogP contribution in [0.5, 0.6) is 0 Å². The average molecular weight is 282 g/mol. The van der Waals surface area contributed by atoms with E-state index >= 15 is 0 Å². The van der Waals surface area contributed by atoms with Crippen molar-refractivity contribution in [2.45, 2.75) is 59.8 Å². The Morgan fingerprint density at radius 3 is 2.45 bits per heavy atom. The van der Waals surface area contributed by atoms with Crippen molar-refractivity contribution in [1.82, 2.24) is 4.90 Å². The second-order valence-corrected chi connectivity index (χ2v) is 7.25. The molecule has 0 saturated carbocycles. The topological polar surface area (TPSA) is 46.3 Å². The highest BCUT2D eigenvalue weighted by atomic mass is 16.2. The highest BCUT2D eigenvalue weighted by Gasteiger charge is 2.24. The molecule has 1 heterocycles. The zero-order valence-corrected chi connectivity index (χ0v) is 13.9. The van der Waals surface area contributed by atoms with Gasteiger partial charge < -0.3 is 10.6 Å². The first-order valence-electron chi connectivity index (χ1n) is 8.41. The van der Waals surface area contributed by atoms with Crippen LogP contribution in [0, 0.1) is 23.7 Å². The van der Waals surface area contributed by atoms with E-state index in [0.717, 1.165) is 37.8 Å². The van der Waals surface area contributed by atoms with Gasteiger partial charge in [0, 0.05) is 19.5 Å². The van der Waals surface area contributed by atoms with Gasteiger partial charge in [-0.15, -0.1) is 0 Å². The predicted molar refractivity (Wildman–Crippen MR) is 85.4 cm³/mol. The lowest BCUT2D eigenvalue weighted by molar-refractivity contribution is -0.132. The standard InChI is InChI=1S/C17H34N2O/c1-13(2)10-15(12-18)11-17(20)19-8-5-6-16(7-9-19)14(3)4/h13-16H,5-12,18H2,1-4H3. The van der Waals surface area contributed by atoms with Gasteiger partial charge in [0.15, 0.2) is 0 Å². The molecule has 0 aliphatic carbocycles. The van der Waals surface area contributed by atoms with Crippen molar-refractivity contribution < 1.29 is 4.79 Å². The molecule has 1 fully saturated rings. The van der Waals surface area contributed by atoms with Gasteiger partial charge >= 0.3 is 0 Å². The van der Waals surface area contributed by atoms with Crippen LogP contribution in [0.1, 0.15) is 59.8 Å². The summed E-state index contributed by atoms with van der Waals surface area (Å²) >= 11 is 0. The molecule has 0 aromatic rings. The molecule has 1 rings (SSSR count). The monoisotopic (exact) mass is 282 g/mol. The summed E-state index contributed by atoms with van der Waals surface area (Å²) in [5.41, 5.74) is 5.82. The predicted octanol–water partition coefficient (Wildman–Crippen LogP) is 3.28. The third-order valence-corrected chi connectivity index (χ3v) is 4.67. The molecule has 1 amide bonds. The molecule has 2 unspecified atom stereocenters. The van der Waals surface area contributed by atoms with Gasteiger partial charge in [-0.2, -0.15) is 0 Å². The molecule has 3 nitrogen and oxygen atoms in total. The Hall–Kier alpha value is -0.570. The number of nitrogens with zero attached hydrogens (tertiary/aromatic N) is 1. The largest absolute Gasteiger partial charge is 0.343 e. The SMILES string of the molecule is CC(C)CC(CN)CC(=O)N1CCCC(C(C)C)CC1. The highest BCUT2D eigenvalue weighted by Crippen LogP contribution is 2.25. The van der Waals surface area contributed by atoms with E-state index in [1.807, 2.05) is 0 Å². The zero-order chi connectivity index (χ0) is 15.1. The number of hydrogen-bond acceptors (Lipinski definition) is 2. The molecule has 0 aromatic heterocycles. The molecular formula is C17H34N2O. The van der Waals surface area contributed by atoms with Crippen LogP contribution in [0.15, 0.2) is 0 Å². The van der Waals surface area contributed by atoms with Crippen LogP contribution in [-0.2, 0) is 4.79 Å². The minimum atomic E-state index is 0.325. The molecule has 2 N–H and O–H groups in total. The van der Waals surface area contributed by atoms with Crippen LogP contribution < -0.4 is 5.73 Å². The lowest BCUT2D eigenvalue weighted by Crippen LogP contribution is -2.34. The molecule has 1 saturated heterocycles. The third-order valence-electron chi connectivity index (χ3n) is 4.67. The molecule has 0 spiro atoms. The summed E-state index contributed by atoms with van der Waals surface area (Å²) in [6, 6.07) is 0. The summed E-state index contributed by atoms with van der Waals surface area (Å²) in [6.45, 7) is 11.5. The molecule has 1 aliphatic heterocycles. The quantitative estimate of drug-likeness (QED) is 0.812. The number of carbonyl (C=O) groups excluding carboxylic acids is 1. The lowest BCUT2D eigenvalue weighted by Gasteiger charge is -2.24. The first-order valence-corrected chi connectivity index (χ1v) is 8.41. The van der Waals surface area contributed by atoms with Crippen LogP contribution in [0.25, 0.3) is 0 Å². The fourth-order valence-corrected chi connectivity index (χ4v) is 3.34. The summed E-state index contributed by atoms with van der Waals surface area (Å²) in [7, 11) is 0. The summed E-state index contributed by atoms with van der Waals surface area (Å²) in [4.78, 5) is 14.5. The minimum Gasteiger partial charge on any atom is -0.343 e. The van der Waals surface area contributed by atoms with Gasteiger partial charge in [-0.1, -0.05) is 27.7 Å². The lowest BCUT2D eigenvalue weighted by atomic mass is 9.89. The molecular weight excluding hydrogens is 248 g/mol. The first kappa shape index (κ1) is 17.5. The maximum absolute atomic E-state index is 12.4. The van der Waals surface area contributed by atoms with Gasteiger partial charge in [0.25, 0.3) is 0 Å². The fraction of sp³-hybridized carbons (Fsp3) is 0.941. The van der Waals surface area contributed by atoms with Gasteiger partial charge in [-0.25, -0.2) is 0 Å². The van der Waals surface area contributed by atoms with Crippen molar-refractivity contribution in [3.63, 3.8) is 0 Å². The zero-order valence-electron chi connectivity index (χ0n) is 13.9.